The fourth-order valence-electron chi connectivity index (χ4n) is 2.86. The Bertz CT molecular complexity index is 872. The van der Waals surface area contributed by atoms with Crippen molar-refractivity contribution in [1.29, 1.82) is 0 Å². The molecule has 27 heavy (non-hydrogen) atoms. The standard InChI is InChI=1S/C17H23N5O3S2/c1-20-8-10-21(11-9-20)16-5-3-15(4-6-16)18-19-17-22(12-13-26-17)7-2-14-27(23,24)25/h3-6,12-13H,2,7-11,14H2,1H3/p+1. The van der Waals surface area contributed by atoms with Crippen LogP contribution in [0.5, 0.6) is 0 Å². The van der Waals surface area contributed by atoms with Crippen LogP contribution < -0.4 is 9.47 Å². The van der Waals surface area contributed by atoms with E-state index >= 15 is 0 Å². The lowest BCUT2D eigenvalue weighted by molar-refractivity contribution is -0.680. The topological polar surface area (TPSA) is 89.5 Å². The van der Waals surface area contributed by atoms with E-state index in [0.29, 0.717) is 18.1 Å². The van der Waals surface area contributed by atoms with Crippen molar-refractivity contribution < 1.29 is 17.5 Å². The molecule has 2 heterocycles. The minimum Gasteiger partial charge on any atom is -0.369 e. The Kier molecular flexibility index (Phi) is 6.53. The van der Waals surface area contributed by atoms with E-state index in [4.69, 9.17) is 4.55 Å². The van der Waals surface area contributed by atoms with Crippen LogP contribution in [0.3, 0.4) is 0 Å². The first-order valence-corrected chi connectivity index (χ1v) is 11.3. The van der Waals surface area contributed by atoms with Crippen LogP contribution in [-0.2, 0) is 16.7 Å². The van der Waals surface area contributed by atoms with Gasteiger partial charge in [-0.05, 0) is 47.8 Å². The first-order valence-electron chi connectivity index (χ1n) is 8.78. The van der Waals surface area contributed by atoms with Crippen LogP contribution in [0.15, 0.2) is 46.1 Å². The maximum absolute atomic E-state index is 10.8. The first kappa shape index (κ1) is 19.9. The average molecular weight is 411 g/mol. The van der Waals surface area contributed by atoms with Crippen LogP contribution >= 0.6 is 11.3 Å². The molecule has 2 aromatic rings. The summed E-state index contributed by atoms with van der Waals surface area (Å²) in [4.78, 5) is 4.69. The lowest BCUT2D eigenvalue weighted by Gasteiger charge is -2.34. The minimum absolute atomic E-state index is 0.264. The van der Waals surface area contributed by atoms with Gasteiger partial charge in [0.15, 0.2) is 0 Å². The number of benzene rings is 1. The molecule has 3 rings (SSSR count). The van der Waals surface area contributed by atoms with Crippen LogP contribution in [0.25, 0.3) is 0 Å². The highest BCUT2D eigenvalue weighted by Crippen LogP contribution is 2.23. The summed E-state index contributed by atoms with van der Waals surface area (Å²) in [6.45, 7) is 4.64. The van der Waals surface area contributed by atoms with E-state index in [0.717, 1.165) is 31.9 Å². The van der Waals surface area contributed by atoms with Crippen molar-refractivity contribution in [3.8, 4) is 0 Å². The molecule has 0 radical (unpaired) electrons. The molecule has 0 spiro atoms. The maximum atomic E-state index is 10.8. The number of hydrogen-bond donors (Lipinski definition) is 1. The van der Waals surface area contributed by atoms with Crippen molar-refractivity contribution in [1.82, 2.24) is 4.90 Å². The quantitative estimate of drug-likeness (QED) is 0.430. The molecule has 1 aliphatic heterocycles. The molecule has 1 saturated heterocycles. The predicted molar refractivity (Wildman–Crippen MR) is 106 cm³/mol. The van der Waals surface area contributed by atoms with Gasteiger partial charge in [0.1, 0.15) is 11.9 Å². The van der Waals surface area contributed by atoms with E-state index in [-0.39, 0.29) is 5.75 Å². The third-order valence-corrected chi connectivity index (χ3v) is 6.02. The van der Waals surface area contributed by atoms with Crippen LogP contribution in [0.4, 0.5) is 16.5 Å². The SMILES string of the molecule is CN1CCN(c2ccc(N=Nc3scc[n+]3CCCS(=O)(=O)O)cc2)CC1. The average Bonchev–Trinajstić information content (AvgIpc) is 3.07. The molecule has 1 fully saturated rings. The van der Waals surface area contributed by atoms with E-state index in [2.05, 4.69) is 39.2 Å². The summed E-state index contributed by atoms with van der Waals surface area (Å²) in [6.07, 6.45) is 2.15. The molecule has 0 bridgehead atoms. The zero-order valence-corrected chi connectivity index (χ0v) is 16.9. The van der Waals surface area contributed by atoms with Gasteiger partial charge < -0.3 is 9.80 Å². The molecular formula is C17H24N5O3S2+. The second-order valence-corrected chi connectivity index (χ2v) is 8.97. The van der Waals surface area contributed by atoms with Crippen molar-refractivity contribution in [3.05, 3.63) is 35.8 Å². The Morgan fingerprint density at radius 2 is 1.85 bits per heavy atom. The predicted octanol–water partition coefficient (Wildman–Crippen LogP) is 2.48. The lowest BCUT2D eigenvalue weighted by atomic mass is 10.2. The second kappa shape index (κ2) is 8.87. The number of thiazole rings is 1. The fourth-order valence-corrected chi connectivity index (χ4v) is 4.06. The summed E-state index contributed by atoms with van der Waals surface area (Å²) < 4.78 is 32.3. The maximum Gasteiger partial charge on any atom is 0.408 e. The third kappa shape index (κ3) is 6.06. The summed E-state index contributed by atoms with van der Waals surface area (Å²) in [5, 5.41) is 11.1. The Hall–Kier alpha value is -1.88. The number of hydrogen-bond acceptors (Lipinski definition) is 7. The molecule has 8 nitrogen and oxygen atoms in total. The smallest absolute Gasteiger partial charge is 0.369 e. The highest BCUT2D eigenvalue weighted by molar-refractivity contribution is 7.85. The Labute approximate surface area is 163 Å². The van der Waals surface area contributed by atoms with Crippen LogP contribution in [0.2, 0.25) is 0 Å². The summed E-state index contributed by atoms with van der Waals surface area (Å²) in [5.74, 6) is -0.264. The van der Waals surface area contributed by atoms with Crippen LogP contribution in [0.1, 0.15) is 6.42 Å². The minimum atomic E-state index is -3.93. The van der Waals surface area contributed by atoms with Gasteiger partial charge in [-0.3, -0.25) is 4.55 Å². The van der Waals surface area contributed by atoms with Gasteiger partial charge >= 0.3 is 5.13 Å². The number of nitrogens with zero attached hydrogens (tertiary/aromatic N) is 5. The monoisotopic (exact) mass is 410 g/mol. The number of aromatic nitrogens is 1. The zero-order valence-electron chi connectivity index (χ0n) is 15.2. The number of azo groups is 1. The Morgan fingerprint density at radius 3 is 2.52 bits per heavy atom. The molecular weight excluding hydrogens is 386 g/mol. The van der Waals surface area contributed by atoms with Gasteiger partial charge in [-0.15, -0.1) is 0 Å². The Morgan fingerprint density at radius 1 is 1.15 bits per heavy atom. The van der Waals surface area contributed by atoms with Gasteiger partial charge in [0.05, 0.1) is 17.4 Å². The summed E-state index contributed by atoms with van der Waals surface area (Å²) in [5.41, 5.74) is 1.96. The highest BCUT2D eigenvalue weighted by Gasteiger charge is 2.15. The van der Waals surface area contributed by atoms with Crippen molar-refractivity contribution in [2.45, 2.75) is 13.0 Å². The van der Waals surface area contributed by atoms with Crippen molar-refractivity contribution in [2.75, 3.05) is 43.9 Å². The van der Waals surface area contributed by atoms with Crippen molar-refractivity contribution >= 4 is 38.0 Å². The fraction of sp³-hybridized carbons (Fsp3) is 0.471. The zero-order chi connectivity index (χ0) is 19.3. The van der Waals surface area contributed by atoms with Gasteiger partial charge in [-0.2, -0.15) is 8.42 Å². The number of anilines is 1. The number of aryl methyl sites for hydroxylation is 1. The number of rotatable bonds is 7. The molecule has 1 N–H and O–H groups in total. The van der Waals surface area contributed by atoms with E-state index in [1.165, 1.54) is 17.0 Å². The molecule has 1 aromatic heterocycles. The van der Waals surface area contributed by atoms with Gasteiger partial charge in [0.2, 0.25) is 0 Å². The molecule has 0 aliphatic carbocycles. The van der Waals surface area contributed by atoms with Crippen molar-refractivity contribution in [3.63, 3.8) is 0 Å². The number of piperazine rings is 1. The van der Waals surface area contributed by atoms with E-state index in [1.807, 2.05) is 28.3 Å². The first-order chi connectivity index (χ1) is 12.9. The molecule has 0 saturated carbocycles. The molecule has 1 aromatic carbocycles. The highest BCUT2D eigenvalue weighted by atomic mass is 32.2. The molecule has 146 valence electrons. The normalized spacial score (nSPS) is 16.3. The van der Waals surface area contributed by atoms with Gasteiger partial charge in [0.25, 0.3) is 10.1 Å². The Balaban J connectivity index is 1.59. The van der Waals surface area contributed by atoms with Crippen molar-refractivity contribution in [2.24, 2.45) is 10.2 Å². The molecule has 0 amide bonds. The molecule has 0 atom stereocenters. The van der Waals surface area contributed by atoms with Crippen LogP contribution in [-0.4, -0.2) is 56.9 Å². The van der Waals surface area contributed by atoms with Crippen LogP contribution in [0, 0.1) is 0 Å². The lowest BCUT2D eigenvalue weighted by Crippen LogP contribution is -2.44. The third-order valence-electron chi connectivity index (χ3n) is 4.43. The van der Waals surface area contributed by atoms with E-state index in [9.17, 15) is 8.42 Å². The summed E-state index contributed by atoms with van der Waals surface area (Å²) >= 11 is 1.43. The molecule has 10 heteroatoms. The molecule has 1 aliphatic rings. The second-order valence-electron chi connectivity index (χ2n) is 6.53. The van der Waals surface area contributed by atoms with Gasteiger partial charge in [-0.1, -0.05) is 0 Å². The van der Waals surface area contributed by atoms with Gasteiger partial charge in [-0.25, -0.2) is 4.57 Å². The van der Waals surface area contributed by atoms with E-state index in [1.54, 1.807) is 0 Å². The largest absolute Gasteiger partial charge is 0.408 e. The van der Waals surface area contributed by atoms with E-state index < -0.39 is 10.1 Å². The summed E-state index contributed by atoms with van der Waals surface area (Å²) in [7, 11) is -1.79. The molecule has 0 unspecified atom stereocenters. The number of likely N-dealkylation sites (N-methyl/N-ethyl adjacent to an activating group) is 1. The van der Waals surface area contributed by atoms with Gasteiger partial charge in [0, 0.05) is 43.7 Å². The summed E-state index contributed by atoms with van der Waals surface area (Å²) in [6, 6.07) is 8.03.